The maximum Gasteiger partial charge on any atom is 0.230 e. The number of anilines is 1. The Morgan fingerprint density at radius 1 is 1.15 bits per heavy atom. The van der Waals surface area contributed by atoms with Crippen LogP contribution in [0.1, 0.15) is 24.0 Å². The van der Waals surface area contributed by atoms with Crippen LogP contribution in [0.3, 0.4) is 0 Å². The van der Waals surface area contributed by atoms with Gasteiger partial charge in [0.15, 0.2) is 4.34 Å². The second-order valence-electron chi connectivity index (χ2n) is 7.72. The molecule has 1 atom stereocenters. The molecule has 1 aliphatic heterocycles. The van der Waals surface area contributed by atoms with Gasteiger partial charge in [0.05, 0.1) is 11.7 Å². The number of piperidine rings is 1. The fourth-order valence-corrected chi connectivity index (χ4v) is 7.10. The zero-order valence-corrected chi connectivity index (χ0v) is 20.9. The summed E-state index contributed by atoms with van der Waals surface area (Å²) in [5.41, 5.74) is 1.81. The smallest absolute Gasteiger partial charge is 0.230 e. The van der Waals surface area contributed by atoms with Crippen molar-refractivity contribution in [3.05, 3.63) is 70.7 Å². The topological polar surface area (TPSA) is 92.3 Å². The predicted molar refractivity (Wildman–Crippen MR) is 133 cm³/mol. The first-order valence-electron chi connectivity index (χ1n) is 10.4. The van der Waals surface area contributed by atoms with Crippen LogP contribution in [-0.2, 0) is 26.3 Å². The van der Waals surface area contributed by atoms with Gasteiger partial charge in [-0.2, -0.15) is 0 Å². The summed E-state index contributed by atoms with van der Waals surface area (Å²) in [6.07, 6.45) is 1.25. The fourth-order valence-electron chi connectivity index (χ4n) is 3.58. The Kier molecular flexibility index (Phi) is 8.02. The highest BCUT2D eigenvalue weighted by Crippen LogP contribution is 2.29. The zero-order chi connectivity index (χ0) is 23.3. The summed E-state index contributed by atoms with van der Waals surface area (Å²) in [4.78, 5) is 12.8. The van der Waals surface area contributed by atoms with Gasteiger partial charge in [0.25, 0.3) is 0 Å². The van der Waals surface area contributed by atoms with Gasteiger partial charge in [-0.3, -0.25) is 4.79 Å². The molecule has 0 spiro atoms. The van der Waals surface area contributed by atoms with Crippen molar-refractivity contribution in [2.24, 2.45) is 5.92 Å². The van der Waals surface area contributed by atoms with Crippen LogP contribution in [-0.4, -0.2) is 41.9 Å². The summed E-state index contributed by atoms with van der Waals surface area (Å²) in [5, 5.41) is 11.9. The first-order chi connectivity index (χ1) is 15.9. The number of nitrogens with one attached hydrogen (secondary N) is 1. The number of hydrogen-bond donors (Lipinski definition) is 1. The van der Waals surface area contributed by atoms with Crippen molar-refractivity contribution in [3.8, 4) is 0 Å². The van der Waals surface area contributed by atoms with E-state index in [4.69, 9.17) is 11.6 Å². The van der Waals surface area contributed by atoms with Crippen molar-refractivity contribution in [1.29, 1.82) is 0 Å². The number of carbonyl (C=O) groups excluding carboxylic acids is 1. The van der Waals surface area contributed by atoms with Crippen molar-refractivity contribution < 1.29 is 13.2 Å². The van der Waals surface area contributed by atoms with Gasteiger partial charge in [0.2, 0.25) is 21.1 Å². The van der Waals surface area contributed by atoms with Crippen molar-refractivity contribution in [2.45, 2.75) is 28.7 Å². The molecule has 11 heteroatoms. The van der Waals surface area contributed by atoms with Gasteiger partial charge >= 0.3 is 0 Å². The number of aromatic nitrogens is 2. The average molecular weight is 523 g/mol. The lowest BCUT2D eigenvalue weighted by atomic mass is 9.99. The molecule has 1 amide bonds. The molecule has 1 N–H and O–H groups in total. The summed E-state index contributed by atoms with van der Waals surface area (Å²) in [5.74, 6) is -0.0307. The van der Waals surface area contributed by atoms with Crippen LogP contribution in [0.5, 0.6) is 0 Å². The molecule has 7 nitrogen and oxygen atoms in total. The van der Waals surface area contributed by atoms with Gasteiger partial charge in [0, 0.05) is 23.9 Å². The van der Waals surface area contributed by atoms with Gasteiger partial charge in [-0.15, -0.1) is 10.2 Å². The molecule has 1 aromatic heterocycles. The molecule has 33 heavy (non-hydrogen) atoms. The van der Waals surface area contributed by atoms with E-state index in [2.05, 4.69) is 15.5 Å². The molecule has 2 aromatic carbocycles. The Morgan fingerprint density at radius 2 is 1.94 bits per heavy atom. The minimum atomic E-state index is -3.56. The summed E-state index contributed by atoms with van der Waals surface area (Å²) in [7, 11) is -3.56. The lowest BCUT2D eigenvalue weighted by molar-refractivity contribution is -0.120. The molecule has 1 fully saturated rings. The highest BCUT2D eigenvalue weighted by Gasteiger charge is 2.32. The van der Waals surface area contributed by atoms with E-state index in [9.17, 15) is 13.2 Å². The third-order valence-corrected chi connectivity index (χ3v) is 9.32. The van der Waals surface area contributed by atoms with Gasteiger partial charge in [-0.25, -0.2) is 12.7 Å². The van der Waals surface area contributed by atoms with Crippen molar-refractivity contribution in [3.63, 3.8) is 0 Å². The maximum atomic E-state index is 12.9. The third-order valence-electron chi connectivity index (χ3n) is 5.23. The molecular weight excluding hydrogens is 500 g/mol. The Balaban J connectivity index is 1.32. The molecule has 0 saturated carbocycles. The minimum absolute atomic E-state index is 0.139. The largest absolute Gasteiger partial charge is 0.300 e. The van der Waals surface area contributed by atoms with E-state index >= 15 is 0 Å². The SMILES string of the molecule is O=C(Nc1nnc(SCc2ccccc2)s1)[C@@H]1CCCN(S(=O)(=O)Cc2cccc(Cl)c2)C1. The molecule has 1 saturated heterocycles. The quantitative estimate of drug-likeness (QED) is 0.341. The van der Waals surface area contributed by atoms with Gasteiger partial charge in [-0.05, 0) is 36.1 Å². The third kappa shape index (κ3) is 6.77. The lowest BCUT2D eigenvalue weighted by Gasteiger charge is -2.31. The summed E-state index contributed by atoms with van der Waals surface area (Å²) < 4.78 is 28.0. The van der Waals surface area contributed by atoms with Crippen LogP contribution in [0, 0.1) is 5.92 Å². The van der Waals surface area contributed by atoms with Gasteiger partial charge in [0.1, 0.15) is 0 Å². The van der Waals surface area contributed by atoms with E-state index in [1.165, 1.54) is 21.2 Å². The number of sulfonamides is 1. The number of rotatable bonds is 8. The van der Waals surface area contributed by atoms with Crippen LogP contribution in [0.2, 0.25) is 5.02 Å². The number of amides is 1. The van der Waals surface area contributed by atoms with Crippen LogP contribution in [0.25, 0.3) is 0 Å². The molecule has 3 aromatic rings. The second kappa shape index (κ2) is 11.0. The Labute approximate surface area is 206 Å². The Morgan fingerprint density at radius 3 is 2.73 bits per heavy atom. The van der Waals surface area contributed by atoms with Crippen LogP contribution in [0.15, 0.2) is 58.9 Å². The highest BCUT2D eigenvalue weighted by atomic mass is 35.5. The minimum Gasteiger partial charge on any atom is -0.300 e. The molecule has 2 heterocycles. The molecule has 0 bridgehead atoms. The zero-order valence-electron chi connectivity index (χ0n) is 17.7. The Hall–Kier alpha value is -1.98. The number of thioether (sulfide) groups is 1. The number of halogens is 1. The average Bonchev–Trinajstić information content (AvgIpc) is 3.25. The van der Waals surface area contributed by atoms with E-state index < -0.39 is 15.9 Å². The van der Waals surface area contributed by atoms with E-state index in [1.807, 2.05) is 30.3 Å². The molecule has 0 unspecified atom stereocenters. The van der Waals surface area contributed by atoms with Crippen molar-refractivity contribution >= 4 is 55.8 Å². The Bertz CT molecular complexity index is 1200. The number of nitrogens with zero attached hydrogens (tertiary/aromatic N) is 3. The predicted octanol–water partition coefficient (Wildman–Crippen LogP) is 4.66. The lowest BCUT2D eigenvalue weighted by Crippen LogP contribution is -2.44. The number of carbonyl (C=O) groups is 1. The van der Waals surface area contributed by atoms with E-state index in [0.717, 1.165) is 10.1 Å². The summed E-state index contributed by atoms with van der Waals surface area (Å²) in [6, 6.07) is 16.9. The van der Waals surface area contributed by atoms with Gasteiger partial charge < -0.3 is 5.32 Å². The summed E-state index contributed by atoms with van der Waals surface area (Å²) in [6.45, 7) is 0.564. The van der Waals surface area contributed by atoms with E-state index in [0.29, 0.717) is 35.1 Å². The van der Waals surface area contributed by atoms with Gasteiger partial charge in [-0.1, -0.05) is 77.2 Å². The maximum absolute atomic E-state index is 12.9. The highest BCUT2D eigenvalue weighted by molar-refractivity contribution is 8.00. The standard InChI is InChI=1S/C22H23ClN4O3S3/c23-19-10-4-8-17(12-19)15-33(29,30)27-11-5-9-18(13-27)20(28)24-21-25-26-22(32-21)31-14-16-6-2-1-3-7-16/h1-4,6-8,10,12,18H,5,9,11,13-15H2,(H,24,25,28)/t18-/m1/s1. The monoisotopic (exact) mass is 522 g/mol. The molecule has 1 aliphatic rings. The molecular formula is C22H23ClN4O3S3. The van der Waals surface area contributed by atoms with E-state index in [-0.39, 0.29) is 18.2 Å². The first-order valence-corrected chi connectivity index (χ1v) is 14.2. The normalized spacial score (nSPS) is 17.1. The number of benzene rings is 2. The van der Waals surface area contributed by atoms with Crippen molar-refractivity contribution in [2.75, 3.05) is 18.4 Å². The van der Waals surface area contributed by atoms with Crippen molar-refractivity contribution in [1.82, 2.24) is 14.5 Å². The molecule has 4 rings (SSSR count). The molecule has 0 aliphatic carbocycles. The first kappa shape index (κ1) is 24.2. The second-order valence-corrected chi connectivity index (χ2v) is 12.3. The molecule has 174 valence electrons. The van der Waals surface area contributed by atoms with Crippen LogP contribution in [0.4, 0.5) is 5.13 Å². The van der Waals surface area contributed by atoms with E-state index in [1.54, 1.807) is 36.0 Å². The van der Waals surface area contributed by atoms with Crippen LogP contribution < -0.4 is 5.32 Å². The molecule has 0 radical (unpaired) electrons. The van der Waals surface area contributed by atoms with Crippen LogP contribution >= 0.6 is 34.7 Å². The number of hydrogen-bond acceptors (Lipinski definition) is 7. The fraction of sp³-hybridized carbons (Fsp3) is 0.318. The summed E-state index contributed by atoms with van der Waals surface area (Å²) >= 11 is 8.86.